The van der Waals surface area contributed by atoms with E-state index >= 15 is 0 Å². The van der Waals surface area contributed by atoms with Gasteiger partial charge in [-0.1, -0.05) is 12.1 Å². The number of methoxy groups -OCH3 is 1. The van der Waals surface area contributed by atoms with Crippen molar-refractivity contribution in [3.05, 3.63) is 63.2 Å². The van der Waals surface area contributed by atoms with E-state index in [1.807, 2.05) is 30.5 Å². The zero-order valence-electron chi connectivity index (χ0n) is 14.9. The molecule has 140 valence electrons. The van der Waals surface area contributed by atoms with Crippen LogP contribution in [-0.4, -0.2) is 35.4 Å². The van der Waals surface area contributed by atoms with E-state index in [9.17, 15) is 9.59 Å². The van der Waals surface area contributed by atoms with Crippen molar-refractivity contribution in [3.63, 3.8) is 0 Å². The number of amides is 1. The molecule has 8 heteroatoms. The molecule has 3 aromatic rings. The Kier molecular flexibility index (Phi) is 6.10. The van der Waals surface area contributed by atoms with Gasteiger partial charge in [0.2, 0.25) is 0 Å². The highest BCUT2D eigenvalue weighted by Crippen LogP contribution is 2.25. The quantitative estimate of drug-likeness (QED) is 0.487. The highest BCUT2D eigenvalue weighted by molar-refractivity contribution is 7.98. The van der Waals surface area contributed by atoms with E-state index < -0.39 is 0 Å². The molecule has 0 atom stereocenters. The number of aromatic nitrogens is 2. The first-order valence-electron chi connectivity index (χ1n) is 8.25. The van der Waals surface area contributed by atoms with Gasteiger partial charge < -0.3 is 15.0 Å². The SMILES string of the molecule is COCCn1c(=S)[nH]c2cc(C(=O)Nc3ccccc3SC)ccc2c1=O. The number of anilines is 1. The smallest absolute Gasteiger partial charge is 0.262 e. The maximum Gasteiger partial charge on any atom is 0.262 e. The van der Waals surface area contributed by atoms with E-state index in [1.165, 1.54) is 4.57 Å². The van der Waals surface area contributed by atoms with Gasteiger partial charge in [-0.05, 0) is 48.8 Å². The van der Waals surface area contributed by atoms with Crippen molar-refractivity contribution in [3.8, 4) is 0 Å². The van der Waals surface area contributed by atoms with Gasteiger partial charge in [0.25, 0.3) is 11.5 Å². The molecule has 0 unspecified atom stereocenters. The number of rotatable bonds is 6. The number of benzene rings is 2. The largest absolute Gasteiger partial charge is 0.383 e. The molecule has 0 spiro atoms. The van der Waals surface area contributed by atoms with E-state index in [-0.39, 0.29) is 11.5 Å². The van der Waals surface area contributed by atoms with Gasteiger partial charge in [0.15, 0.2) is 4.77 Å². The summed E-state index contributed by atoms with van der Waals surface area (Å²) < 4.78 is 6.77. The Hall–Kier alpha value is -2.42. The van der Waals surface area contributed by atoms with Crippen LogP contribution < -0.4 is 10.9 Å². The zero-order chi connectivity index (χ0) is 19.4. The summed E-state index contributed by atoms with van der Waals surface area (Å²) in [5, 5.41) is 3.38. The van der Waals surface area contributed by atoms with Gasteiger partial charge in [-0.15, -0.1) is 11.8 Å². The zero-order valence-corrected chi connectivity index (χ0v) is 16.6. The van der Waals surface area contributed by atoms with Gasteiger partial charge in [0.05, 0.1) is 29.7 Å². The van der Waals surface area contributed by atoms with E-state index in [0.717, 1.165) is 10.6 Å². The standard InChI is InChI=1S/C19H19N3O3S2/c1-25-10-9-22-18(24)13-8-7-12(11-15(13)21-19(22)26)17(23)20-14-5-3-4-6-16(14)27-2/h3-8,11H,9-10H2,1-2H3,(H,20,23)(H,21,26). The fourth-order valence-electron chi connectivity index (χ4n) is 2.72. The predicted octanol–water partition coefficient (Wildman–Crippen LogP) is 3.68. The van der Waals surface area contributed by atoms with E-state index in [0.29, 0.717) is 34.4 Å². The number of aromatic amines is 1. The number of nitrogens with zero attached hydrogens (tertiary/aromatic N) is 1. The van der Waals surface area contributed by atoms with Gasteiger partial charge >= 0.3 is 0 Å². The van der Waals surface area contributed by atoms with Gasteiger partial charge in [-0.3, -0.25) is 14.2 Å². The van der Waals surface area contributed by atoms with Crippen molar-refractivity contribution in [2.45, 2.75) is 11.4 Å². The lowest BCUT2D eigenvalue weighted by Crippen LogP contribution is -2.24. The average Bonchev–Trinajstić information content (AvgIpc) is 2.67. The summed E-state index contributed by atoms with van der Waals surface area (Å²) in [6.45, 7) is 0.756. The molecule has 0 fully saturated rings. The molecule has 6 nitrogen and oxygen atoms in total. The lowest BCUT2D eigenvalue weighted by molar-refractivity contribution is 0.102. The summed E-state index contributed by atoms with van der Waals surface area (Å²) in [7, 11) is 1.57. The molecule has 0 aliphatic rings. The van der Waals surface area contributed by atoms with Crippen LogP contribution >= 0.6 is 24.0 Å². The summed E-state index contributed by atoms with van der Waals surface area (Å²) in [5.74, 6) is -0.249. The second kappa shape index (κ2) is 8.51. The van der Waals surface area contributed by atoms with Crippen molar-refractivity contribution in [2.75, 3.05) is 25.3 Å². The van der Waals surface area contributed by atoms with Gasteiger partial charge in [0, 0.05) is 17.6 Å². The maximum absolute atomic E-state index is 12.6. The van der Waals surface area contributed by atoms with Crippen LogP contribution in [0.15, 0.2) is 52.2 Å². The number of hydrogen-bond acceptors (Lipinski definition) is 5. The molecule has 0 bridgehead atoms. The van der Waals surface area contributed by atoms with Crippen molar-refractivity contribution in [1.82, 2.24) is 9.55 Å². The Labute approximate surface area is 165 Å². The summed E-state index contributed by atoms with van der Waals surface area (Å²) in [6.07, 6.45) is 1.95. The summed E-state index contributed by atoms with van der Waals surface area (Å²) in [6, 6.07) is 12.5. The second-order valence-electron chi connectivity index (χ2n) is 5.79. The van der Waals surface area contributed by atoms with Gasteiger partial charge in [-0.2, -0.15) is 0 Å². The number of hydrogen-bond donors (Lipinski definition) is 2. The maximum atomic E-state index is 12.6. The minimum absolute atomic E-state index is 0.203. The number of carbonyl (C=O) groups excluding carboxylic acids is 1. The number of para-hydroxylation sites is 1. The lowest BCUT2D eigenvalue weighted by atomic mass is 10.1. The molecule has 2 N–H and O–H groups in total. The molecule has 1 aromatic heterocycles. The minimum Gasteiger partial charge on any atom is -0.383 e. The normalized spacial score (nSPS) is 10.9. The molecule has 0 saturated heterocycles. The fraction of sp³-hybridized carbons (Fsp3) is 0.211. The molecule has 0 radical (unpaired) electrons. The van der Waals surface area contributed by atoms with Crippen LogP contribution in [0.3, 0.4) is 0 Å². The van der Waals surface area contributed by atoms with Crippen LogP contribution in [0, 0.1) is 4.77 Å². The number of thioether (sulfide) groups is 1. The first-order chi connectivity index (χ1) is 13.0. The topological polar surface area (TPSA) is 76.1 Å². The Bertz CT molecular complexity index is 1110. The van der Waals surface area contributed by atoms with Crippen molar-refractivity contribution >= 4 is 46.5 Å². The number of ether oxygens (including phenoxy) is 1. The Morgan fingerprint density at radius 2 is 2.07 bits per heavy atom. The number of fused-ring (bicyclic) bond motifs is 1. The number of nitrogens with one attached hydrogen (secondary N) is 2. The van der Waals surface area contributed by atoms with Crippen LogP contribution in [0.5, 0.6) is 0 Å². The van der Waals surface area contributed by atoms with Crippen LogP contribution in [0.4, 0.5) is 5.69 Å². The number of carbonyl (C=O) groups is 1. The highest BCUT2D eigenvalue weighted by atomic mass is 32.2. The third-order valence-corrected chi connectivity index (χ3v) is 5.24. The molecule has 1 heterocycles. The van der Waals surface area contributed by atoms with E-state index in [1.54, 1.807) is 37.1 Å². The van der Waals surface area contributed by atoms with Gasteiger partial charge in [-0.25, -0.2) is 0 Å². The molecule has 0 aliphatic carbocycles. The first kappa shape index (κ1) is 19.3. The van der Waals surface area contributed by atoms with Crippen LogP contribution in [-0.2, 0) is 11.3 Å². The molecule has 2 aromatic carbocycles. The highest BCUT2D eigenvalue weighted by Gasteiger charge is 2.12. The fourth-order valence-corrected chi connectivity index (χ4v) is 3.56. The first-order valence-corrected chi connectivity index (χ1v) is 9.88. The van der Waals surface area contributed by atoms with Crippen molar-refractivity contribution < 1.29 is 9.53 Å². The van der Waals surface area contributed by atoms with Crippen LogP contribution in [0.1, 0.15) is 10.4 Å². The molecule has 0 saturated carbocycles. The van der Waals surface area contributed by atoms with E-state index in [2.05, 4.69) is 10.3 Å². The average molecular weight is 402 g/mol. The van der Waals surface area contributed by atoms with E-state index in [4.69, 9.17) is 17.0 Å². The summed E-state index contributed by atoms with van der Waals surface area (Å²) in [4.78, 5) is 29.3. The molecule has 0 aliphatic heterocycles. The Morgan fingerprint density at radius 1 is 1.30 bits per heavy atom. The monoisotopic (exact) mass is 401 g/mol. The lowest BCUT2D eigenvalue weighted by Gasteiger charge is -2.11. The van der Waals surface area contributed by atoms with Gasteiger partial charge in [0.1, 0.15) is 0 Å². The number of H-pyrrole nitrogens is 1. The Balaban J connectivity index is 1.96. The second-order valence-corrected chi connectivity index (χ2v) is 7.03. The molecule has 27 heavy (non-hydrogen) atoms. The Morgan fingerprint density at radius 3 is 2.81 bits per heavy atom. The van der Waals surface area contributed by atoms with Crippen LogP contribution in [0.2, 0.25) is 0 Å². The molecular formula is C19H19N3O3S2. The van der Waals surface area contributed by atoms with Crippen molar-refractivity contribution in [1.29, 1.82) is 0 Å². The summed E-state index contributed by atoms with van der Waals surface area (Å²) >= 11 is 6.83. The third kappa shape index (κ3) is 4.13. The molecular weight excluding hydrogens is 382 g/mol. The summed E-state index contributed by atoms with van der Waals surface area (Å²) in [5.41, 5.74) is 1.52. The minimum atomic E-state index is -0.249. The molecule has 3 rings (SSSR count). The van der Waals surface area contributed by atoms with Crippen LogP contribution in [0.25, 0.3) is 10.9 Å². The molecule has 1 amide bonds. The third-order valence-electron chi connectivity index (χ3n) is 4.12. The predicted molar refractivity (Wildman–Crippen MR) is 111 cm³/mol. The van der Waals surface area contributed by atoms with Crippen molar-refractivity contribution in [2.24, 2.45) is 0 Å².